The summed E-state index contributed by atoms with van der Waals surface area (Å²) in [5, 5.41) is 11.8. The predicted octanol–water partition coefficient (Wildman–Crippen LogP) is 3.24. The number of hydrogen-bond donors (Lipinski definition) is 0. The second-order valence-corrected chi connectivity index (χ2v) is 6.45. The Morgan fingerprint density at radius 3 is 2.72 bits per heavy atom. The van der Waals surface area contributed by atoms with Crippen molar-refractivity contribution in [2.75, 3.05) is 13.7 Å². The molecule has 1 amide bonds. The minimum Gasteiger partial charge on any atom is -0.477 e. The molecule has 0 saturated heterocycles. The van der Waals surface area contributed by atoms with Crippen molar-refractivity contribution in [2.24, 2.45) is 0 Å². The van der Waals surface area contributed by atoms with Gasteiger partial charge in [0.1, 0.15) is 5.01 Å². The quantitative estimate of drug-likeness (QED) is 0.499. The summed E-state index contributed by atoms with van der Waals surface area (Å²) in [7, 11) is 1.65. The first-order chi connectivity index (χ1) is 12.0. The standard InChI is InChI=1S/C17H15N3O4S/c1-19(10-16-18-12-6-2-5-9-15(12)25-16)17(21)11-24-14-8-4-3-7-13(14)20(22)23/h2-9H,10-11H2,1H3. The van der Waals surface area contributed by atoms with Crippen LogP contribution in [-0.4, -0.2) is 34.4 Å². The molecule has 0 fully saturated rings. The highest BCUT2D eigenvalue weighted by Crippen LogP contribution is 2.26. The van der Waals surface area contributed by atoms with Gasteiger partial charge in [0.05, 0.1) is 21.7 Å². The summed E-state index contributed by atoms with van der Waals surface area (Å²) in [5.74, 6) is -0.202. The molecule has 1 heterocycles. The Hall–Kier alpha value is -3.00. The molecule has 8 heteroatoms. The number of rotatable bonds is 6. The molecule has 25 heavy (non-hydrogen) atoms. The zero-order valence-corrected chi connectivity index (χ0v) is 14.2. The number of hydrogen-bond acceptors (Lipinski definition) is 6. The highest BCUT2D eigenvalue weighted by Gasteiger charge is 2.17. The van der Waals surface area contributed by atoms with Gasteiger partial charge in [-0.1, -0.05) is 24.3 Å². The molecule has 0 radical (unpaired) electrons. The van der Waals surface area contributed by atoms with Crippen molar-refractivity contribution >= 4 is 33.1 Å². The van der Waals surface area contributed by atoms with Gasteiger partial charge in [-0.05, 0) is 18.2 Å². The lowest BCUT2D eigenvalue weighted by molar-refractivity contribution is -0.385. The highest BCUT2D eigenvalue weighted by molar-refractivity contribution is 7.18. The van der Waals surface area contributed by atoms with Gasteiger partial charge in [0.2, 0.25) is 0 Å². The molecule has 128 valence electrons. The van der Waals surface area contributed by atoms with E-state index in [2.05, 4.69) is 4.98 Å². The summed E-state index contributed by atoms with van der Waals surface area (Å²) >= 11 is 1.53. The van der Waals surface area contributed by atoms with Crippen LogP contribution in [0.5, 0.6) is 5.75 Å². The number of likely N-dealkylation sites (N-methyl/N-ethyl adjacent to an activating group) is 1. The molecule has 0 bridgehead atoms. The van der Waals surface area contributed by atoms with Crippen LogP contribution in [0.3, 0.4) is 0 Å². The fourth-order valence-corrected chi connectivity index (χ4v) is 3.28. The Labute approximate surface area is 147 Å². The van der Waals surface area contributed by atoms with Crippen molar-refractivity contribution in [2.45, 2.75) is 6.54 Å². The van der Waals surface area contributed by atoms with Crippen molar-refractivity contribution in [1.29, 1.82) is 0 Å². The molecule has 0 aliphatic rings. The van der Waals surface area contributed by atoms with Crippen LogP contribution in [0.4, 0.5) is 5.69 Å². The molecule has 0 aliphatic heterocycles. The lowest BCUT2D eigenvalue weighted by Crippen LogP contribution is -2.31. The van der Waals surface area contributed by atoms with E-state index in [0.717, 1.165) is 15.2 Å². The molecule has 3 rings (SSSR count). The predicted molar refractivity (Wildman–Crippen MR) is 94.7 cm³/mol. The Balaban J connectivity index is 1.62. The minimum absolute atomic E-state index is 0.0780. The van der Waals surface area contributed by atoms with Gasteiger partial charge in [0.15, 0.2) is 12.4 Å². The van der Waals surface area contributed by atoms with Crippen LogP contribution in [-0.2, 0) is 11.3 Å². The molecule has 0 N–H and O–H groups in total. The lowest BCUT2D eigenvalue weighted by Gasteiger charge is -2.16. The number of fused-ring (bicyclic) bond motifs is 1. The number of amides is 1. The largest absolute Gasteiger partial charge is 0.477 e. The second-order valence-electron chi connectivity index (χ2n) is 5.34. The maximum atomic E-state index is 12.2. The van der Waals surface area contributed by atoms with E-state index in [9.17, 15) is 14.9 Å². The summed E-state index contributed by atoms with van der Waals surface area (Å²) in [6.07, 6.45) is 0. The monoisotopic (exact) mass is 357 g/mol. The van der Waals surface area contributed by atoms with E-state index in [1.807, 2.05) is 24.3 Å². The molecule has 0 saturated carbocycles. The fraction of sp³-hybridized carbons (Fsp3) is 0.176. The Kier molecular flexibility index (Phi) is 4.90. The van der Waals surface area contributed by atoms with Crippen LogP contribution < -0.4 is 4.74 Å². The number of aromatic nitrogens is 1. The summed E-state index contributed by atoms with van der Waals surface area (Å²) in [5.41, 5.74) is 0.739. The van der Waals surface area contributed by atoms with Crippen molar-refractivity contribution in [1.82, 2.24) is 9.88 Å². The van der Waals surface area contributed by atoms with E-state index in [1.54, 1.807) is 19.2 Å². The topological polar surface area (TPSA) is 85.6 Å². The zero-order valence-electron chi connectivity index (χ0n) is 13.4. The van der Waals surface area contributed by atoms with Crippen molar-refractivity contribution in [3.63, 3.8) is 0 Å². The third-order valence-corrected chi connectivity index (χ3v) is 4.57. The van der Waals surface area contributed by atoms with Gasteiger partial charge in [-0.2, -0.15) is 0 Å². The average Bonchev–Trinajstić information content (AvgIpc) is 3.01. The van der Waals surface area contributed by atoms with Crippen molar-refractivity contribution in [3.05, 3.63) is 63.7 Å². The number of nitro groups is 1. The Morgan fingerprint density at radius 1 is 1.24 bits per heavy atom. The number of carbonyl (C=O) groups excluding carboxylic acids is 1. The fourth-order valence-electron chi connectivity index (χ4n) is 2.26. The number of carbonyl (C=O) groups is 1. The SMILES string of the molecule is CN(Cc1nc2ccccc2s1)C(=O)COc1ccccc1[N+](=O)[O-]. The first-order valence-corrected chi connectivity index (χ1v) is 8.31. The van der Waals surface area contributed by atoms with Gasteiger partial charge in [-0.15, -0.1) is 11.3 Å². The van der Waals surface area contributed by atoms with Crippen LogP contribution in [0.15, 0.2) is 48.5 Å². The molecule has 0 atom stereocenters. The molecule has 3 aromatic rings. The van der Waals surface area contributed by atoms with E-state index >= 15 is 0 Å². The summed E-state index contributed by atoms with van der Waals surface area (Å²) in [6.45, 7) is 0.0880. The van der Waals surface area contributed by atoms with E-state index in [4.69, 9.17) is 4.74 Å². The zero-order chi connectivity index (χ0) is 17.8. The number of ether oxygens (including phenoxy) is 1. The van der Waals surface area contributed by atoms with Gasteiger partial charge in [-0.25, -0.2) is 4.98 Å². The Bertz CT molecular complexity index is 892. The third-order valence-electron chi connectivity index (χ3n) is 3.55. The number of para-hydroxylation sites is 3. The first-order valence-electron chi connectivity index (χ1n) is 7.49. The maximum absolute atomic E-state index is 12.2. The molecule has 7 nitrogen and oxygen atoms in total. The third kappa shape index (κ3) is 3.92. The maximum Gasteiger partial charge on any atom is 0.310 e. The van der Waals surface area contributed by atoms with Gasteiger partial charge in [-0.3, -0.25) is 14.9 Å². The number of nitrogens with zero attached hydrogens (tertiary/aromatic N) is 3. The minimum atomic E-state index is -0.537. The summed E-state index contributed by atoms with van der Waals surface area (Å²) in [6, 6.07) is 13.7. The van der Waals surface area contributed by atoms with Crippen LogP contribution in [0.25, 0.3) is 10.2 Å². The van der Waals surface area contributed by atoms with E-state index in [0.29, 0.717) is 6.54 Å². The number of benzene rings is 2. The van der Waals surface area contributed by atoms with Crippen LogP contribution in [0.1, 0.15) is 5.01 Å². The molecule has 0 aliphatic carbocycles. The molecule has 2 aromatic carbocycles. The smallest absolute Gasteiger partial charge is 0.310 e. The first kappa shape index (κ1) is 16.8. The van der Waals surface area contributed by atoms with Crippen molar-refractivity contribution < 1.29 is 14.5 Å². The molecular formula is C17H15N3O4S. The summed E-state index contributed by atoms with van der Waals surface area (Å²) in [4.78, 5) is 28.6. The van der Waals surface area contributed by atoms with Crippen LogP contribution in [0.2, 0.25) is 0 Å². The number of thiazole rings is 1. The van der Waals surface area contributed by atoms with Crippen molar-refractivity contribution in [3.8, 4) is 5.75 Å². The van der Waals surface area contributed by atoms with E-state index < -0.39 is 4.92 Å². The second kappa shape index (κ2) is 7.27. The van der Waals surface area contributed by atoms with Crippen LogP contribution >= 0.6 is 11.3 Å². The lowest BCUT2D eigenvalue weighted by atomic mass is 10.3. The van der Waals surface area contributed by atoms with E-state index in [1.165, 1.54) is 28.4 Å². The average molecular weight is 357 g/mol. The molecule has 1 aromatic heterocycles. The summed E-state index contributed by atoms with van der Waals surface area (Å²) < 4.78 is 6.39. The highest BCUT2D eigenvalue weighted by atomic mass is 32.1. The van der Waals surface area contributed by atoms with Crippen LogP contribution in [0, 0.1) is 10.1 Å². The molecular weight excluding hydrogens is 342 g/mol. The van der Waals surface area contributed by atoms with E-state index in [-0.39, 0.29) is 24.0 Å². The van der Waals surface area contributed by atoms with Gasteiger partial charge in [0.25, 0.3) is 5.91 Å². The Morgan fingerprint density at radius 2 is 1.96 bits per heavy atom. The molecule has 0 spiro atoms. The van der Waals surface area contributed by atoms with Gasteiger partial charge >= 0.3 is 5.69 Å². The van der Waals surface area contributed by atoms with Gasteiger partial charge < -0.3 is 9.64 Å². The molecule has 0 unspecified atom stereocenters. The number of nitro benzene ring substituents is 1. The normalized spacial score (nSPS) is 10.6. The van der Waals surface area contributed by atoms with Gasteiger partial charge in [0, 0.05) is 13.1 Å².